The highest BCUT2D eigenvalue weighted by Crippen LogP contribution is 2.33. The molecule has 7 nitrogen and oxygen atoms in total. The minimum absolute atomic E-state index is 0.0248. The molecule has 2 amide bonds. The minimum Gasteiger partial charge on any atom is -0.473 e. The van der Waals surface area contributed by atoms with Crippen LogP contribution in [0.4, 0.5) is 19.0 Å². The second kappa shape index (κ2) is 9.44. The number of nitrogens with zero attached hydrogens (tertiary/aromatic N) is 2. The molecule has 1 atom stereocenters. The Kier molecular flexibility index (Phi) is 6.89. The number of terminal acetylenes is 1. The summed E-state index contributed by atoms with van der Waals surface area (Å²) in [5, 5.41) is 4.89. The van der Waals surface area contributed by atoms with Crippen molar-refractivity contribution in [3.05, 3.63) is 46.2 Å². The summed E-state index contributed by atoms with van der Waals surface area (Å²) in [6.45, 7) is 1.39. The van der Waals surface area contributed by atoms with Crippen molar-refractivity contribution in [2.24, 2.45) is 5.92 Å². The van der Waals surface area contributed by atoms with Crippen LogP contribution in [0.25, 0.3) is 0 Å². The molecular weight excluding hydrogens is 449 g/mol. The number of nitrogens with one attached hydrogen (secondary N) is 2. The van der Waals surface area contributed by atoms with Crippen LogP contribution in [0, 0.1) is 25.2 Å². The second-order valence-corrected chi connectivity index (χ2v) is 7.57. The molecule has 0 saturated heterocycles. The maximum Gasteiger partial charge on any atom is 0.417 e. The van der Waals surface area contributed by atoms with Crippen LogP contribution in [0.3, 0.4) is 0 Å². The Labute approximate surface area is 186 Å². The molecule has 0 aliphatic heterocycles. The van der Waals surface area contributed by atoms with Gasteiger partial charge in [0.05, 0.1) is 5.56 Å². The van der Waals surface area contributed by atoms with E-state index in [2.05, 4.69) is 26.5 Å². The minimum atomic E-state index is -4.59. The molecule has 1 aliphatic carbocycles. The lowest BCUT2D eigenvalue weighted by Gasteiger charge is -2.16. The van der Waals surface area contributed by atoms with E-state index in [0.29, 0.717) is 18.0 Å². The Morgan fingerprint density at radius 1 is 1.34 bits per heavy atom. The maximum absolute atomic E-state index is 12.7. The zero-order chi connectivity index (χ0) is 23.5. The molecule has 11 heteroatoms. The number of ether oxygens (including phenoxy) is 1. The molecule has 168 valence electrons. The first-order valence-electron chi connectivity index (χ1n) is 9.49. The summed E-state index contributed by atoms with van der Waals surface area (Å²) in [4.78, 5) is 32.3. The number of halogens is 4. The van der Waals surface area contributed by atoms with Crippen LogP contribution in [-0.2, 0) is 11.0 Å². The Hall–Kier alpha value is -3.32. The summed E-state index contributed by atoms with van der Waals surface area (Å²) >= 11 is 5.80. The van der Waals surface area contributed by atoms with E-state index in [4.69, 9.17) is 22.8 Å². The van der Waals surface area contributed by atoms with E-state index in [-0.39, 0.29) is 40.7 Å². The van der Waals surface area contributed by atoms with Gasteiger partial charge in [-0.15, -0.1) is 6.42 Å². The quantitative estimate of drug-likeness (QED) is 0.608. The average molecular weight is 467 g/mol. The molecule has 0 aromatic carbocycles. The van der Waals surface area contributed by atoms with E-state index in [1.165, 1.54) is 12.1 Å². The van der Waals surface area contributed by atoms with Gasteiger partial charge in [0.25, 0.3) is 5.91 Å². The first-order valence-corrected chi connectivity index (χ1v) is 9.86. The van der Waals surface area contributed by atoms with Gasteiger partial charge in [-0.05, 0) is 38.0 Å². The van der Waals surface area contributed by atoms with E-state index in [9.17, 15) is 22.8 Å². The lowest BCUT2D eigenvalue weighted by Crippen LogP contribution is -2.38. The molecule has 1 saturated carbocycles. The average Bonchev–Trinajstić information content (AvgIpc) is 3.56. The SMILES string of the molecule is C#C[C@H](COc1ncc(C(F)(F)F)cc1Cl)NC(=O)c1cc(C)nc(NC(=O)C2CC2)c1. The number of alkyl halides is 3. The van der Waals surface area contributed by atoms with Gasteiger partial charge >= 0.3 is 6.18 Å². The standard InChI is InChI=1S/C21H18ClF3N4O3/c1-3-15(10-32-20-16(22)8-14(9-26-20)21(23,24)25)28-19(31)13-6-11(2)27-17(7-13)29-18(30)12-4-5-12/h1,6-9,12,15H,4-5,10H2,2H3,(H,28,31)(H,27,29,30)/t15-/m1/s1. The zero-order valence-electron chi connectivity index (χ0n) is 16.8. The summed E-state index contributed by atoms with van der Waals surface area (Å²) in [6, 6.07) is 2.70. The van der Waals surface area contributed by atoms with Gasteiger partial charge in [0.1, 0.15) is 23.5 Å². The van der Waals surface area contributed by atoms with Crippen molar-refractivity contribution in [1.82, 2.24) is 15.3 Å². The Bertz CT molecular complexity index is 1080. The Balaban J connectivity index is 1.63. The molecule has 3 rings (SSSR count). The second-order valence-electron chi connectivity index (χ2n) is 7.16. The van der Waals surface area contributed by atoms with Gasteiger partial charge in [0, 0.05) is 23.4 Å². The van der Waals surface area contributed by atoms with Crippen LogP contribution in [0.5, 0.6) is 5.88 Å². The van der Waals surface area contributed by atoms with Crippen molar-refractivity contribution in [1.29, 1.82) is 0 Å². The van der Waals surface area contributed by atoms with E-state index in [1.54, 1.807) is 6.92 Å². The highest BCUT2D eigenvalue weighted by molar-refractivity contribution is 6.31. The summed E-state index contributed by atoms with van der Waals surface area (Å²) in [5.41, 5.74) is -0.290. The van der Waals surface area contributed by atoms with Gasteiger partial charge in [-0.3, -0.25) is 9.59 Å². The molecule has 2 heterocycles. The predicted octanol–water partition coefficient (Wildman–Crippen LogP) is 3.62. The number of hydrogen-bond acceptors (Lipinski definition) is 5. The first-order chi connectivity index (χ1) is 15.1. The summed E-state index contributed by atoms with van der Waals surface area (Å²) in [6.07, 6.45) is 3.08. The summed E-state index contributed by atoms with van der Waals surface area (Å²) < 4.78 is 43.4. The van der Waals surface area contributed by atoms with Gasteiger partial charge in [0.15, 0.2) is 0 Å². The lowest BCUT2D eigenvalue weighted by molar-refractivity contribution is -0.137. The highest BCUT2D eigenvalue weighted by Gasteiger charge is 2.32. The van der Waals surface area contributed by atoms with Gasteiger partial charge < -0.3 is 15.4 Å². The van der Waals surface area contributed by atoms with Crippen LogP contribution in [-0.4, -0.2) is 34.4 Å². The lowest BCUT2D eigenvalue weighted by atomic mass is 10.2. The van der Waals surface area contributed by atoms with E-state index < -0.39 is 23.7 Å². The summed E-state index contributed by atoms with van der Waals surface area (Å²) in [7, 11) is 0. The van der Waals surface area contributed by atoms with Crippen molar-refractivity contribution in [2.45, 2.75) is 32.0 Å². The number of rotatable bonds is 7. The number of pyridine rings is 2. The molecule has 2 N–H and O–H groups in total. The Morgan fingerprint density at radius 3 is 2.66 bits per heavy atom. The molecule has 2 aromatic heterocycles. The van der Waals surface area contributed by atoms with Crippen LogP contribution in [0.2, 0.25) is 5.02 Å². The van der Waals surface area contributed by atoms with Crippen molar-refractivity contribution in [3.8, 4) is 18.2 Å². The molecule has 0 spiro atoms. The number of anilines is 1. The molecular formula is C21H18ClF3N4O3. The van der Waals surface area contributed by atoms with E-state index in [1.807, 2.05) is 0 Å². The van der Waals surface area contributed by atoms with Gasteiger partial charge in [-0.2, -0.15) is 13.2 Å². The largest absolute Gasteiger partial charge is 0.473 e. The predicted molar refractivity (Wildman–Crippen MR) is 110 cm³/mol. The number of aryl methyl sites for hydroxylation is 1. The maximum atomic E-state index is 12.7. The third-order valence-corrected chi connectivity index (χ3v) is 4.71. The first kappa shape index (κ1) is 23.3. The number of aromatic nitrogens is 2. The molecule has 0 radical (unpaired) electrons. The fourth-order valence-electron chi connectivity index (χ4n) is 2.66. The topological polar surface area (TPSA) is 93.2 Å². The van der Waals surface area contributed by atoms with Crippen molar-refractivity contribution < 1.29 is 27.5 Å². The van der Waals surface area contributed by atoms with Crippen molar-refractivity contribution >= 4 is 29.2 Å². The van der Waals surface area contributed by atoms with Crippen LogP contribution < -0.4 is 15.4 Å². The fraction of sp³-hybridized carbons (Fsp3) is 0.333. The molecule has 2 aromatic rings. The summed E-state index contributed by atoms with van der Waals surface area (Å²) in [5.74, 6) is 1.60. The third kappa shape index (κ3) is 6.11. The third-order valence-electron chi connectivity index (χ3n) is 4.44. The fourth-order valence-corrected chi connectivity index (χ4v) is 2.88. The smallest absolute Gasteiger partial charge is 0.417 e. The monoisotopic (exact) mass is 466 g/mol. The van der Waals surface area contributed by atoms with Gasteiger partial charge in [-0.25, -0.2) is 9.97 Å². The Morgan fingerprint density at radius 2 is 2.06 bits per heavy atom. The number of amides is 2. The van der Waals surface area contributed by atoms with Crippen LogP contribution in [0.15, 0.2) is 24.4 Å². The molecule has 32 heavy (non-hydrogen) atoms. The van der Waals surface area contributed by atoms with E-state index in [0.717, 1.165) is 12.8 Å². The molecule has 0 unspecified atom stereocenters. The normalized spacial score (nSPS) is 14.2. The van der Waals surface area contributed by atoms with Crippen molar-refractivity contribution in [2.75, 3.05) is 11.9 Å². The highest BCUT2D eigenvalue weighted by atomic mass is 35.5. The van der Waals surface area contributed by atoms with Crippen molar-refractivity contribution in [3.63, 3.8) is 0 Å². The van der Waals surface area contributed by atoms with E-state index >= 15 is 0 Å². The zero-order valence-corrected chi connectivity index (χ0v) is 17.5. The van der Waals surface area contributed by atoms with Gasteiger partial charge in [-0.1, -0.05) is 17.5 Å². The number of hydrogen-bond donors (Lipinski definition) is 2. The number of carbonyl (C=O) groups is 2. The molecule has 1 fully saturated rings. The van der Waals surface area contributed by atoms with Crippen LogP contribution >= 0.6 is 11.6 Å². The van der Waals surface area contributed by atoms with Gasteiger partial charge in [0.2, 0.25) is 11.8 Å². The molecule has 0 bridgehead atoms. The molecule has 1 aliphatic rings. The van der Waals surface area contributed by atoms with Crippen LogP contribution in [0.1, 0.15) is 34.5 Å². The number of carbonyl (C=O) groups excluding carboxylic acids is 2.